The largest absolute Gasteiger partial charge is 0.481 e. The molecule has 0 bridgehead atoms. The normalized spacial score (nSPS) is 14.4. The second-order valence-corrected chi connectivity index (χ2v) is 16.5. The molecule has 0 aliphatic carbocycles. The third-order valence-electron chi connectivity index (χ3n) is 5.90. The van der Waals surface area contributed by atoms with Gasteiger partial charge in [0.05, 0.1) is 6.61 Å². The predicted molar refractivity (Wildman–Crippen MR) is 147 cm³/mol. The number of fused-ring (bicyclic) bond motifs is 1. The number of hydrogen-bond acceptors (Lipinski definition) is 6. The minimum Gasteiger partial charge on any atom is -0.481 e. The average molecular weight is 523 g/mol. The summed E-state index contributed by atoms with van der Waals surface area (Å²) < 4.78 is 36.9. The Kier molecular flexibility index (Phi) is 8.79. The Balaban J connectivity index is 1.64. The molecule has 7 heteroatoms. The lowest BCUT2D eigenvalue weighted by Crippen LogP contribution is -2.35. The van der Waals surface area contributed by atoms with Gasteiger partial charge in [0.1, 0.15) is 13.2 Å². The lowest BCUT2D eigenvalue weighted by molar-refractivity contribution is -0.181. The molecule has 0 radical (unpaired) electrons. The van der Waals surface area contributed by atoms with Crippen LogP contribution in [0.2, 0.25) is 25.7 Å². The van der Waals surface area contributed by atoms with E-state index in [1.54, 1.807) is 0 Å². The summed E-state index contributed by atoms with van der Waals surface area (Å²) in [7, 11) is -1.19. The van der Waals surface area contributed by atoms with E-state index in [-0.39, 0.29) is 6.79 Å². The Morgan fingerprint density at radius 2 is 1.41 bits per heavy atom. The van der Waals surface area contributed by atoms with E-state index in [0.29, 0.717) is 49.4 Å². The summed E-state index contributed by atoms with van der Waals surface area (Å²) in [5.74, 6) is 1.35. The van der Waals surface area contributed by atoms with Crippen LogP contribution in [0, 0.1) is 0 Å². The van der Waals surface area contributed by atoms with E-state index < -0.39 is 13.9 Å². The van der Waals surface area contributed by atoms with Crippen LogP contribution in [0.1, 0.15) is 30.5 Å². The summed E-state index contributed by atoms with van der Waals surface area (Å²) in [6.07, 6.45) is 0. The maximum Gasteiger partial charge on any atom is 0.208 e. The molecule has 1 aliphatic heterocycles. The smallest absolute Gasteiger partial charge is 0.208 e. The minimum absolute atomic E-state index is 0.121. The van der Waals surface area contributed by atoms with Crippen molar-refractivity contribution in [2.24, 2.45) is 0 Å². The van der Waals surface area contributed by atoms with Crippen LogP contribution in [-0.4, -0.2) is 27.3 Å². The Morgan fingerprint density at radius 3 is 2.00 bits per heavy atom. The molecule has 3 aromatic carbocycles. The second-order valence-electron chi connectivity index (χ2n) is 10.8. The second kappa shape index (κ2) is 12.0. The molecule has 198 valence electrons. The Hall–Kier alpha value is -3.00. The summed E-state index contributed by atoms with van der Waals surface area (Å²) >= 11 is 0. The third kappa shape index (κ3) is 7.99. The first-order chi connectivity index (χ1) is 17.7. The van der Waals surface area contributed by atoms with Gasteiger partial charge in [-0.2, -0.15) is 0 Å². The van der Waals surface area contributed by atoms with E-state index in [1.165, 1.54) is 0 Å². The van der Waals surface area contributed by atoms with Crippen LogP contribution in [-0.2, 0) is 29.3 Å². The maximum atomic E-state index is 6.40. The number of hydrogen-bond donors (Lipinski definition) is 0. The summed E-state index contributed by atoms with van der Waals surface area (Å²) in [5, 5.41) is 0. The van der Waals surface area contributed by atoms with Gasteiger partial charge in [-0.1, -0.05) is 80.3 Å². The van der Waals surface area contributed by atoms with Gasteiger partial charge in [0.2, 0.25) is 17.3 Å². The van der Waals surface area contributed by atoms with Crippen LogP contribution in [0.15, 0.2) is 66.7 Å². The molecule has 0 aromatic heterocycles. The summed E-state index contributed by atoms with van der Waals surface area (Å²) in [4.78, 5) is 0. The van der Waals surface area contributed by atoms with Gasteiger partial charge < -0.3 is 28.4 Å². The van der Waals surface area contributed by atoms with E-state index >= 15 is 0 Å². The monoisotopic (exact) mass is 522 g/mol. The van der Waals surface area contributed by atoms with Crippen molar-refractivity contribution < 1.29 is 28.4 Å². The zero-order valence-corrected chi connectivity index (χ0v) is 23.5. The fourth-order valence-electron chi connectivity index (χ4n) is 3.77. The molecule has 6 nitrogen and oxygen atoms in total. The first-order valence-electron chi connectivity index (χ1n) is 12.8. The van der Waals surface area contributed by atoms with E-state index in [1.807, 2.05) is 80.6 Å². The SMILES string of the molecule is CC1(C)OCc2cc(OCOCC[Si](C)(C)C)c(OCc3ccccc3)c(OCc3ccccc3)c2O1. The lowest BCUT2D eigenvalue weighted by Gasteiger charge is -2.34. The third-order valence-corrected chi connectivity index (χ3v) is 7.61. The zero-order chi connectivity index (χ0) is 26.3. The highest BCUT2D eigenvalue weighted by Crippen LogP contribution is 2.50. The molecular formula is C30H38O6Si. The van der Waals surface area contributed by atoms with Crippen molar-refractivity contribution in [1.82, 2.24) is 0 Å². The molecule has 0 saturated heterocycles. The van der Waals surface area contributed by atoms with Gasteiger partial charge in [-0.25, -0.2) is 0 Å². The highest BCUT2D eigenvalue weighted by molar-refractivity contribution is 6.76. The van der Waals surface area contributed by atoms with Crippen LogP contribution in [0.3, 0.4) is 0 Å². The molecular weight excluding hydrogens is 484 g/mol. The van der Waals surface area contributed by atoms with Gasteiger partial charge >= 0.3 is 0 Å². The Morgan fingerprint density at radius 1 is 0.811 bits per heavy atom. The van der Waals surface area contributed by atoms with Crippen molar-refractivity contribution in [3.8, 4) is 23.0 Å². The van der Waals surface area contributed by atoms with Crippen molar-refractivity contribution in [2.75, 3.05) is 13.4 Å². The van der Waals surface area contributed by atoms with E-state index in [0.717, 1.165) is 22.7 Å². The van der Waals surface area contributed by atoms with Gasteiger partial charge in [0.15, 0.2) is 18.3 Å². The van der Waals surface area contributed by atoms with Crippen molar-refractivity contribution in [1.29, 1.82) is 0 Å². The molecule has 0 atom stereocenters. The minimum atomic E-state index is -1.19. The van der Waals surface area contributed by atoms with Crippen LogP contribution in [0.5, 0.6) is 23.0 Å². The molecule has 0 saturated carbocycles. The predicted octanol–water partition coefficient (Wildman–Crippen LogP) is 7.18. The molecule has 1 aliphatic rings. The van der Waals surface area contributed by atoms with Crippen molar-refractivity contribution >= 4 is 8.07 Å². The van der Waals surface area contributed by atoms with Gasteiger partial charge in [0, 0.05) is 34.1 Å². The maximum absolute atomic E-state index is 6.40. The molecule has 0 unspecified atom stereocenters. The molecule has 3 aromatic rings. The topological polar surface area (TPSA) is 55.4 Å². The molecule has 0 amide bonds. The highest BCUT2D eigenvalue weighted by atomic mass is 28.3. The fourth-order valence-corrected chi connectivity index (χ4v) is 4.53. The van der Waals surface area contributed by atoms with E-state index in [9.17, 15) is 0 Å². The standard InChI is InChI=1S/C30H38O6Si/c1-30(2)35-21-25-18-26(34-22-31-16-17-37(3,4)5)28(32-19-23-12-8-6-9-13-23)29(27(25)36-30)33-20-24-14-10-7-11-15-24/h6-15,18H,16-17,19-22H2,1-5H3. The van der Waals surface area contributed by atoms with Crippen LogP contribution in [0.4, 0.5) is 0 Å². The van der Waals surface area contributed by atoms with Crippen LogP contribution < -0.4 is 18.9 Å². The van der Waals surface area contributed by atoms with Gasteiger partial charge in [-0.15, -0.1) is 0 Å². The van der Waals surface area contributed by atoms with Gasteiger partial charge in [-0.05, 0) is 23.2 Å². The molecule has 0 N–H and O–H groups in total. The first-order valence-corrected chi connectivity index (χ1v) is 16.5. The first kappa shape index (κ1) is 27.0. The fraction of sp³-hybridized carbons (Fsp3) is 0.400. The van der Waals surface area contributed by atoms with Crippen molar-refractivity contribution in [3.05, 3.63) is 83.4 Å². The van der Waals surface area contributed by atoms with Gasteiger partial charge in [-0.3, -0.25) is 0 Å². The van der Waals surface area contributed by atoms with Crippen molar-refractivity contribution in [3.63, 3.8) is 0 Å². The van der Waals surface area contributed by atoms with Gasteiger partial charge in [0.25, 0.3) is 0 Å². The Bertz CT molecular complexity index is 1140. The molecule has 0 spiro atoms. The van der Waals surface area contributed by atoms with E-state index in [2.05, 4.69) is 19.6 Å². The zero-order valence-electron chi connectivity index (χ0n) is 22.5. The summed E-state index contributed by atoms with van der Waals surface area (Å²) in [6, 6.07) is 23.0. The Labute approximate surface area is 221 Å². The molecule has 0 fully saturated rings. The van der Waals surface area contributed by atoms with E-state index in [4.69, 9.17) is 28.4 Å². The molecule has 37 heavy (non-hydrogen) atoms. The average Bonchev–Trinajstić information content (AvgIpc) is 2.86. The number of rotatable bonds is 12. The number of ether oxygens (including phenoxy) is 6. The quantitative estimate of drug-likeness (QED) is 0.143. The van der Waals surface area contributed by atoms with Crippen LogP contribution in [0.25, 0.3) is 0 Å². The highest BCUT2D eigenvalue weighted by Gasteiger charge is 2.34. The number of benzene rings is 3. The lowest BCUT2D eigenvalue weighted by atomic mass is 10.1. The molecule has 1 heterocycles. The summed E-state index contributed by atoms with van der Waals surface area (Å²) in [5.41, 5.74) is 2.92. The van der Waals surface area contributed by atoms with Crippen molar-refractivity contribution in [2.45, 2.75) is 65.1 Å². The molecule has 4 rings (SSSR count). The van der Waals surface area contributed by atoms with Crippen LogP contribution >= 0.6 is 0 Å². The summed E-state index contributed by atoms with van der Waals surface area (Å²) in [6.45, 7) is 12.6.